The highest BCUT2D eigenvalue weighted by atomic mass is 32.1. The molecule has 0 atom stereocenters. The van der Waals surface area contributed by atoms with E-state index in [1.807, 2.05) is 29.6 Å². The molecule has 0 unspecified atom stereocenters. The van der Waals surface area contributed by atoms with E-state index in [2.05, 4.69) is 11.4 Å². The van der Waals surface area contributed by atoms with Crippen molar-refractivity contribution < 1.29 is 9.53 Å². The average molecular weight is 294 g/mol. The van der Waals surface area contributed by atoms with Gasteiger partial charge in [-0.3, -0.25) is 4.79 Å². The van der Waals surface area contributed by atoms with Gasteiger partial charge in [0.1, 0.15) is 5.75 Å². The van der Waals surface area contributed by atoms with Crippen LogP contribution in [0, 0.1) is 0 Å². The van der Waals surface area contributed by atoms with Crippen LogP contribution in [-0.2, 0) is 0 Å². The molecule has 2 nitrogen and oxygen atoms in total. The van der Waals surface area contributed by atoms with Crippen molar-refractivity contribution in [1.82, 2.24) is 0 Å². The van der Waals surface area contributed by atoms with E-state index in [1.165, 1.54) is 5.56 Å². The predicted molar refractivity (Wildman–Crippen MR) is 86.2 cm³/mol. The van der Waals surface area contributed by atoms with Gasteiger partial charge >= 0.3 is 0 Å². The minimum atomic E-state index is 0.0227. The van der Waals surface area contributed by atoms with Crippen molar-refractivity contribution in [2.75, 3.05) is 7.11 Å². The predicted octanol–water partition coefficient (Wildman–Crippen LogP) is 4.65. The van der Waals surface area contributed by atoms with Crippen LogP contribution in [0.15, 0.2) is 65.4 Å². The highest BCUT2D eigenvalue weighted by Gasteiger charge is 2.09. The minimum absolute atomic E-state index is 0.0227. The Kier molecular flexibility index (Phi) is 3.84. The van der Waals surface area contributed by atoms with Gasteiger partial charge in [0.05, 0.1) is 7.11 Å². The third-order valence-electron chi connectivity index (χ3n) is 3.35. The monoisotopic (exact) mass is 294 g/mol. The van der Waals surface area contributed by atoms with Crippen molar-refractivity contribution in [1.29, 1.82) is 0 Å². The Hall–Kier alpha value is -2.39. The van der Waals surface area contributed by atoms with Gasteiger partial charge in [-0.05, 0) is 52.2 Å². The third kappa shape index (κ3) is 2.88. The van der Waals surface area contributed by atoms with Crippen molar-refractivity contribution in [2.24, 2.45) is 0 Å². The zero-order valence-corrected chi connectivity index (χ0v) is 12.4. The smallest absolute Gasteiger partial charge is 0.193 e. The van der Waals surface area contributed by atoms with Crippen molar-refractivity contribution in [3.05, 3.63) is 76.5 Å². The van der Waals surface area contributed by atoms with Crippen molar-refractivity contribution in [3.63, 3.8) is 0 Å². The lowest BCUT2D eigenvalue weighted by Crippen LogP contribution is -2.00. The summed E-state index contributed by atoms with van der Waals surface area (Å²) in [6, 6.07) is 17.0. The normalized spacial score (nSPS) is 10.3. The van der Waals surface area contributed by atoms with Crippen LogP contribution in [0.25, 0.3) is 11.1 Å². The second kappa shape index (κ2) is 5.94. The summed E-state index contributed by atoms with van der Waals surface area (Å²) in [5.41, 5.74) is 3.67. The number of carbonyl (C=O) groups excluding carboxylic acids is 1. The van der Waals surface area contributed by atoms with E-state index in [-0.39, 0.29) is 5.78 Å². The summed E-state index contributed by atoms with van der Waals surface area (Å²) in [7, 11) is 1.61. The molecule has 0 aliphatic carbocycles. The maximum Gasteiger partial charge on any atom is 0.193 e. The molecule has 3 aromatic rings. The minimum Gasteiger partial charge on any atom is -0.497 e. The Morgan fingerprint density at radius 3 is 2.00 bits per heavy atom. The largest absolute Gasteiger partial charge is 0.497 e. The zero-order valence-electron chi connectivity index (χ0n) is 11.6. The zero-order chi connectivity index (χ0) is 14.7. The first-order valence-corrected chi connectivity index (χ1v) is 7.53. The number of benzene rings is 2. The molecule has 0 spiro atoms. The number of carbonyl (C=O) groups is 1. The van der Waals surface area contributed by atoms with Gasteiger partial charge in [0.2, 0.25) is 0 Å². The van der Waals surface area contributed by atoms with Crippen molar-refractivity contribution in [3.8, 4) is 16.9 Å². The number of ketones is 1. The number of methoxy groups -OCH3 is 1. The highest BCUT2D eigenvalue weighted by molar-refractivity contribution is 7.08. The Morgan fingerprint density at radius 2 is 1.48 bits per heavy atom. The molecule has 104 valence electrons. The van der Waals surface area contributed by atoms with Crippen molar-refractivity contribution in [2.45, 2.75) is 0 Å². The van der Waals surface area contributed by atoms with E-state index >= 15 is 0 Å². The van der Waals surface area contributed by atoms with Crippen LogP contribution in [0.5, 0.6) is 5.75 Å². The maximum absolute atomic E-state index is 12.4. The molecular weight excluding hydrogens is 280 g/mol. The number of rotatable bonds is 4. The molecule has 0 radical (unpaired) electrons. The molecule has 1 heterocycles. The summed E-state index contributed by atoms with van der Waals surface area (Å²) in [5, 5.41) is 4.14. The van der Waals surface area contributed by atoms with Crippen LogP contribution < -0.4 is 4.74 Å². The molecule has 0 saturated heterocycles. The van der Waals surface area contributed by atoms with Crippen LogP contribution >= 0.6 is 11.3 Å². The van der Waals surface area contributed by atoms with E-state index < -0.39 is 0 Å². The lowest BCUT2D eigenvalue weighted by Gasteiger charge is -2.04. The van der Waals surface area contributed by atoms with Crippen LogP contribution in [0.3, 0.4) is 0 Å². The lowest BCUT2D eigenvalue weighted by atomic mass is 10.0. The van der Waals surface area contributed by atoms with Gasteiger partial charge < -0.3 is 4.74 Å². The molecule has 2 aromatic carbocycles. The van der Waals surface area contributed by atoms with Crippen LogP contribution in [0.4, 0.5) is 0 Å². The Morgan fingerprint density at radius 1 is 0.857 bits per heavy atom. The standard InChI is InChI=1S/C18H14O2S/c1-20-17-8-6-15(7-9-17)18(19)14-4-2-13(3-5-14)16-10-11-21-12-16/h2-12H,1H3. The summed E-state index contributed by atoms with van der Waals surface area (Å²) in [5.74, 6) is 0.772. The molecule has 0 saturated carbocycles. The van der Waals surface area contributed by atoms with Gasteiger partial charge in [0.15, 0.2) is 5.78 Å². The second-order valence-electron chi connectivity index (χ2n) is 4.65. The molecule has 0 N–H and O–H groups in total. The van der Waals surface area contributed by atoms with Gasteiger partial charge in [-0.15, -0.1) is 0 Å². The Bertz CT molecular complexity index is 726. The van der Waals surface area contributed by atoms with E-state index in [0.717, 1.165) is 11.3 Å². The summed E-state index contributed by atoms with van der Waals surface area (Å²) in [6.45, 7) is 0. The molecule has 0 aliphatic rings. The van der Waals surface area contributed by atoms with Crippen LogP contribution in [0.2, 0.25) is 0 Å². The molecule has 3 heteroatoms. The third-order valence-corrected chi connectivity index (χ3v) is 4.04. The van der Waals surface area contributed by atoms with Gasteiger partial charge in [-0.1, -0.05) is 24.3 Å². The summed E-state index contributed by atoms with van der Waals surface area (Å²) >= 11 is 1.67. The summed E-state index contributed by atoms with van der Waals surface area (Å²) < 4.78 is 5.10. The number of hydrogen-bond donors (Lipinski definition) is 0. The fraction of sp³-hybridized carbons (Fsp3) is 0.0556. The van der Waals surface area contributed by atoms with E-state index in [1.54, 1.807) is 42.7 Å². The van der Waals surface area contributed by atoms with Crippen molar-refractivity contribution >= 4 is 17.1 Å². The average Bonchev–Trinajstić information content (AvgIpc) is 3.09. The van der Waals surface area contributed by atoms with Gasteiger partial charge in [-0.2, -0.15) is 11.3 Å². The molecule has 0 fully saturated rings. The van der Waals surface area contributed by atoms with Crippen LogP contribution in [0.1, 0.15) is 15.9 Å². The van der Waals surface area contributed by atoms with Gasteiger partial charge in [-0.25, -0.2) is 0 Å². The number of ether oxygens (including phenoxy) is 1. The van der Waals surface area contributed by atoms with Gasteiger partial charge in [0.25, 0.3) is 0 Å². The van der Waals surface area contributed by atoms with Gasteiger partial charge in [0, 0.05) is 11.1 Å². The fourth-order valence-electron chi connectivity index (χ4n) is 2.15. The van der Waals surface area contributed by atoms with E-state index in [0.29, 0.717) is 11.1 Å². The molecule has 1 aromatic heterocycles. The number of hydrogen-bond acceptors (Lipinski definition) is 3. The second-order valence-corrected chi connectivity index (χ2v) is 5.43. The summed E-state index contributed by atoms with van der Waals surface area (Å²) in [4.78, 5) is 12.4. The summed E-state index contributed by atoms with van der Waals surface area (Å²) in [6.07, 6.45) is 0. The fourth-order valence-corrected chi connectivity index (χ4v) is 2.82. The first-order chi connectivity index (χ1) is 10.3. The first kappa shape index (κ1) is 13.6. The Balaban J connectivity index is 1.84. The Labute approximate surface area is 127 Å². The maximum atomic E-state index is 12.4. The SMILES string of the molecule is COc1ccc(C(=O)c2ccc(-c3ccsc3)cc2)cc1. The van der Waals surface area contributed by atoms with Crippen LogP contribution in [-0.4, -0.2) is 12.9 Å². The quantitative estimate of drug-likeness (QED) is 0.654. The van der Waals surface area contributed by atoms with E-state index in [4.69, 9.17) is 4.74 Å². The molecular formula is C18H14O2S. The molecule has 0 aliphatic heterocycles. The molecule has 0 bridgehead atoms. The lowest BCUT2D eigenvalue weighted by molar-refractivity contribution is 0.103. The molecule has 21 heavy (non-hydrogen) atoms. The number of thiophene rings is 1. The topological polar surface area (TPSA) is 26.3 Å². The first-order valence-electron chi connectivity index (χ1n) is 6.59. The van der Waals surface area contributed by atoms with E-state index in [9.17, 15) is 4.79 Å². The highest BCUT2D eigenvalue weighted by Crippen LogP contribution is 2.23. The molecule has 3 rings (SSSR count). The molecule has 0 amide bonds.